The Labute approximate surface area is 193 Å². The van der Waals surface area contributed by atoms with Gasteiger partial charge in [0.05, 0.1) is 13.2 Å². The zero-order chi connectivity index (χ0) is 24.8. The molecule has 0 atom stereocenters. The van der Waals surface area contributed by atoms with Crippen molar-refractivity contribution in [2.24, 2.45) is 5.92 Å². The van der Waals surface area contributed by atoms with Gasteiger partial charge >= 0.3 is 11.4 Å². The van der Waals surface area contributed by atoms with Crippen molar-refractivity contribution in [3.63, 3.8) is 0 Å². The normalized spacial score (nSPS) is 11.1. The Morgan fingerprint density at radius 3 is 2.44 bits per heavy atom. The lowest BCUT2D eigenvalue weighted by Gasteiger charge is -2.16. The highest BCUT2D eigenvalue weighted by Crippen LogP contribution is 2.23. The number of aromatic nitrogens is 3. The van der Waals surface area contributed by atoms with E-state index in [2.05, 4.69) is 10.3 Å². The number of hydrogen-bond acceptors (Lipinski definition) is 6. The molecule has 0 bridgehead atoms. The lowest BCUT2D eigenvalue weighted by atomic mass is 10.2. The van der Waals surface area contributed by atoms with E-state index in [-0.39, 0.29) is 55.0 Å². The third-order valence-corrected chi connectivity index (χ3v) is 4.77. The highest BCUT2D eigenvalue weighted by atomic mass is 19.2. The fourth-order valence-electron chi connectivity index (χ4n) is 3.09. The number of nitrogens with one attached hydrogen (secondary N) is 1. The smallest absolute Gasteiger partial charge is 0.354 e. The van der Waals surface area contributed by atoms with Crippen molar-refractivity contribution in [1.29, 1.82) is 0 Å². The van der Waals surface area contributed by atoms with Gasteiger partial charge in [-0.05, 0) is 42.2 Å². The lowest BCUT2D eigenvalue weighted by molar-refractivity contribution is 0.259. The molecule has 1 aromatic heterocycles. The molecule has 1 heterocycles. The largest absolute Gasteiger partial charge is 0.490 e. The summed E-state index contributed by atoms with van der Waals surface area (Å²) in [5, 5.41) is 11.8. The first-order chi connectivity index (χ1) is 16.2. The van der Waals surface area contributed by atoms with E-state index in [1.165, 1.54) is 18.2 Å². The topological polar surface area (TPSA) is 98.4 Å². The van der Waals surface area contributed by atoms with E-state index in [0.717, 1.165) is 27.3 Å². The van der Waals surface area contributed by atoms with Crippen molar-refractivity contribution < 1.29 is 23.0 Å². The molecule has 11 heteroatoms. The standard InChI is InChI=1S/C23H25F3N4O4/c1-14(2)13-34-20-7-5-16(11-19(20)26)27-21-28-22(32)29(8-3-9-31)23(33)30(21)12-15-4-6-17(24)18(25)10-15/h4-7,10-11,14,31H,3,8-9,12-13H2,1-2H3,(H,27,28,32). The van der Waals surface area contributed by atoms with E-state index in [1.807, 2.05) is 13.8 Å². The third-order valence-electron chi connectivity index (χ3n) is 4.77. The number of benzene rings is 2. The summed E-state index contributed by atoms with van der Waals surface area (Å²) in [4.78, 5) is 29.4. The first-order valence-corrected chi connectivity index (χ1v) is 10.7. The quantitative estimate of drug-likeness (QED) is 0.465. The summed E-state index contributed by atoms with van der Waals surface area (Å²) >= 11 is 0. The van der Waals surface area contributed by atoms with Crippen LogP contribution in [0.5, 0.6) is 5.75 Å². The van der Waals surface area contributed by atoms with Crippen LogP contribution in [0, 0.1) is 23.4 Å². The van der Waals surface area contributed by atoms with Crippen LogP contribution in [0.2, 0.25) is 0 Å². The van der Waals surface area contributed by atoms with Gasteiger partial charge in [-0.25, -0.2) is 27.3 Å². The molecule has 0 aliphatic carbocycles. The number of aliphatic hydroxyl groups is 1. The Bertz CT molecular complexity index is 1270. The Hall–Kier alpha value is -3.60. The van der Waals surface area contributed by atoms with Gasteiger partial charge < -0.3 is 15.2 Å². The molecule has 0 amide bonds. The van der Waals surface area contributed by atoms with Crippen LogP contribution in [0.25, 0.3) is 0 Å². The molecule has 8 nitrogen and oxygen atoms in total. The maximum Gasteiger partial charge on any atom is 0.354 e. The van der Waals surface area contributed by atoms with Gasteiger partial charge in [0.15, 0.2) is 23.2 Å². The molecule has 34 heavy (non-hydrogen) atoms. The second kappa shape index (κ2) is 11.0. The van der Waals surface area contributed by atoms with Crippen molar-refractivity contribution >= 4 is 11.6 Å². The highest BCUT2D eigenvalue weighted by Gasteiger charge is 2.16. The molecule has 182 valence electrons. The average molecular weight is 478 g/mol. The Morgan fingerprint density at radius 2 is 1.79 bits per heavy atom. The number of hydrogen-bond donors (Lipinski definition) is 2. The zero-order valence-corrected chi connectivity index (χ0v) is 18.7. The molecule has 0 fully saturated rings. The summed E-state index contributed by atoms with van der Waals surface area (Å²) < 4.78 is 48.8. The molecule has 0 radical (unpaired) electrons. The van der Waals surface area contributed by atoms with Crippen molar-refractivity contribution in [3.05, 3.63) is 80.4 Å². The van der Waals surface area contributed by atoms with Gasteiger partial charge in [0.1, 0.15) is 0 Å². The number of nitrogens with zero attached hydrogens (tertiary/aromatic N) is 3. The second-order valence-electron chi connectivity index (χ2n) is 8.04. The Morgan fingerprint density at radius 1 is 1.03 bits per heavy atom. The molecule has 0 unspecified atom stereocenters. The molecular weight excluding hydrogens is 453 g/mol. The summed E-state index contributed by atoms with van der Waals surface area (Å²) in [6, 6.07) is 7.16. The molecule has 2 aromatic carbocycles. The molecule has 0 saturated carbocycles. The minimum absolute atomic E-state index is 0.0470. The maximum absolute atomic E-state index is 14.5. The van der Waals surface area contributed by atoms with Crippen LogP contribution in [0.1, 0.15) is 25.8 Å². The van der Waals surface area contributed by atoms with Gasteiger partial charge in [-0.15, -0.1) is 0 Å². The fourth-order valence-corrected chi connectivity index (χ4v) is 3.09. The van der Waals surface area contributed by atoms with Crippen LogP contribution in [0.3, 0.4) is 0 Å². The van der Waals surface area contributed by atoms with Crippen molar-refractivity contribution in [2.45, 2.75) is 33.4 Å². The van der Waals surface area contributed by atoms with Gasteiger partial charge in [0, 0.05) is 24.9 Å². The average Bonchev–Trinajstić information content (AvgIpc) is 2.78. The molecule has 2 N–H and O–H groups in total. The highest BCUT2D eigenvalue weighted by molar-refractivity contribution is 5.55. The molecule has 3 aromatic rings. The van der Waals surface area contributed by atoms with Gasteiger partial charge in [-0.1, -0.05) is 19.9 Å². The van der Waals surface area contributed by atoms with Crippen LogP contribution in [0.15, 0.2) is 46.0 Å². The number of anilines is 2. The molecule has 0 spiro atoms. The number of aliphatic hydroxyl groups excluding tert-OH is 1. The van der Waals surface area contributed by atoms with Crippen LogP contribution >= 0.6 is 0 Å². The van der Waals surface area contributed by atoms with Gasteiger partial charge in [-0.3, -0.25) is 4.57 Å². The summed E-state index contributed by atoms with van der Waals surface area (Å²) in [5.41, 5.74) is -1.23. The van der Waals surface area contributed by atoms with Crippen molar-refractivity contribution in [1.82, 2.24) is 14.1 Å². The minimum atomic E-state index is -1.10. The van der Waals surface area contributed by atoms with Crippen LogP contribution < -0.4 is 21.4 Å². The van der Waals surface area contributed by atoms with Gasteiger partial charge in [-0.2, -0.15) is 4.98 Å². The van der Waals surface area contributed by atoms with E-state index in [0.29, 0.717) is 6.61 Å². The Kier molecular flexibility index (Phi) is 8.11. The van der Waals surface area contributed by atoms with Gasteiger partial charge in [0.2, 0.25) is 5.95 Å². The number of halogens is 3. The van der Waals surface area contributed by atoms with Crippen molar-refractivity contribution in [3.8, 4) is 5.75 Å². The summed E-state index contributed by atoms with van der Waals surface area (Å²) in [6.45, 7) is 3.59. The van der Waals surface area contributed by atoms with Crippen LogP contribution in [-0.2, 0) is 13.1 Å². The van der Waals surface area contributed by atoms with Crippen LogP contribution in [0.4, 0.5) is 24.8 Å². The molecule has 0 aliphatic heterocycles. The maximum atomic E-state index is 14.5. The fraction of sp³-hybridized carbons (Fsp3) is 0.348. The summed E-state index contributed by atoms with van der Waals surface area (Å²) in [7, 11) is 0. The van der Waals surface area contributed by atoms with E-state index in [9.17, 15) is 22.8 Å². The molecular formula is C23H25F3N4O4. The first kappa shape index (κ1) is 25.0. The zero-order valence-electron chi connectivity index (χ0n) is 18.7. The number of rotatable bonds is 10. The predicted octanol–water partition coefficient (Wildman–Crippen LogP) is 3.03. The Balaban J connectivity index is 2.00. The van der Waals surface area contributed by atoms with E-state index < -0.39 is 28.8 Å². The summed E-state index contributed by atoms with van der Waals surface area (Å²) in [5.74, 6) is -2.77. The van der Waals surface area contributed by atoms with E-state index in [4.69, 9.17) is 9.84 Å². The van der Waals surface area contributed by atoms with Crippen molar-refractivity contribution in [2.75, 3.05) is 18.5 Å². The van der Waals surface area contributed by atoms with Gasteiger partial charge in [0.25, 0.3) is 0 Å². The molecule has 3 rings (SSSR count). The lowest BCUT2D eigenvalue weighted by Crippen LogP contribution is -2.43. The second-order valence-corrected chi connectivity index (χ2v) is 8.04. The first-order valence-electron chi connectivity index (χ1n) is 10.7. The summed E-state index contributed by atoms with van der Waals surface area (Å²) in [6.07, 6.45) is 0.137. The third kappa shape index (κ3) is 6.04. The predicted molar refractivity (Wildman–Crippen MR) is 120 cm³/mol. The SMILES string of the molecule is CC(C)COc1ccc(Nc2nc(=O)n(CCCO)c(=O)n2Cc2ccc(F)c(F)c2)cc1F. The van der Waals surface area contributed by atoms with E-state index in [1.54, 1.807) is 0 Å². The van der Waals surface area contributed by atoms with Crippen LogP contribution in [-0.4, -0.2) is 32.4 Å². The molecule has 0 aliphatic rings. The molecule has 0 saturated heterocycles. The van der Waals surface area contributed by atoms with E-state index >= 15 is 0 Å². The number of ether oxygens (including phenoxy) is 1. The monoisotopic (exact) mass is 478 g/mol. The minimum Gasteiger partial charge on any atom is -0.490 e.